The van der Waals surface area contributed by atoms with Gasteiger partial charge in [-0.3, -0.25) is 20.2 Å². The Hall–Kier alpha value is -3.62. The van der Waals surface area contributed by atoms with E-state index in [0.717, 1.165) is 18.9 Å². The zero-order chi connectivity index (χ0) is 20.1. The fraction of sp³-hybridized carbons (Fsp3) is 0.263. The van der Waals surface area contributed by atoms with E-state index < -0.39 is 21.7 Å². The van der Waals surface area contributed by atoms with Gasteiger partial charge in [0.25, 0.3) is 11.4 Å². The molecule has 0 aromatic heterocycles. The van der Waals surface area contributed by atoms with Gasteiger partial charge in [0.2, 0.25) is 0 Å². The van der Waals surface area contributed by atoms with Gasteiger partial charge in [0.15, 0.2) is 0 Å². The number of hydrogen-bond acceptors (Lipinski definition) is 7. The first kappa shape index (κ1) is 19.2. The lowest BCUT2D eigenvalue weighted by Crippen LogP contribution is -2.20. The van der Waals surface area contributed by atoms with Gasteiger partial charge in [0.1, 0.15) is 0 Å². The third-order valence-corrected chi connectivity index (χ3v) is 4.63. The van der Waals surface area contributed by atoms with Crippen molar-refractivity contribution >= 4 is 23.1 Å². The maximum atomic E-state index is 12.1. The molecule has 1 aliphatic rings. The molecule has 0 spiro atoms. The van der Waals surface area contributed by atoms with Crippen molar-refractivity contribution < 1.29 is 19.5 Å². The van der Waals surface area contributed by atoms with Gasteiger partial charge in [-0.1, -0.05) is 29.8 Å². The van der Waals surface area contributed by atoms with Gasteiger partial charge in [-0.05, 0) is 37.5 Å². The number of rotatable bonds is 5. The number of nitro benzene ring substituents is 2. The van der Waals surface area contributed by atoms with Crippen molar-refractivity contribution in [1.29, 1.82) is 0 Å². The highest BCUT2D eigenvalue weighted by Gasteiger charge is 2.31. The molecule has 9 heteroatoms. The van der Waals surface area contributed by atoms with Gasteiger partial charge in [-0.25, -0.2) is 4.79 Å². The summed E-state index contributed by atoms with van der Waals surface area (Å²) < 4.78 is 0. The minimum Gasteiger partial charge on any atom is -0.313 e. The Bertz CT molecular complexity index is 942. The number of non-ortho nitro benzene ring substituents is 1. The summed E-state index contributed by atoms with van der Waals surface area (Å²) >= 11 is 0. The fourth-order valence-electron chi connectivity index (χ4n) is 3.27. The first-order valence-corrected chi connectivity index (χ1v) is 8.73. The Balaban J connectivity index is 1.90. The summed E-state index contributed by atoms with van der Waals surface area (Å²) in [6, 6.07) is 12.0. The number of hydrogen-bond donors (Lipinski definition) is 0. The molecule has 1 saturated carbocycles. The highest BCUT2D eigenvalue weighted by Crippen LogP contribution is 2.37. The molecule has 0 bridgehead atoms. The Labute approximate surface area is 159 Å². The molecule has 1 atom stereocenters. The SMILES string of the molecule is O=C(O/N=C1/CCCC[C@@H]1c1ccc([N+](=O)[O-])cc1[N+](=O)[O-])c1ccccc1. The van der Waals surface area contributed by atoms with Gasteiger partial charge in [-0.2, -0.15) is 0 Å². The number of carbonyl (C=O) groups excluding carboxylic acids is 1. The third-order valence-electron chi connectivity index (χ3n) is 4.63. The van der Waals surface area contributed by atoms with Crippen molar-refractivity contribution in [3.8, 4) is 0 Å². The summed E-state index contributed by atoms with van der Waals surface area (Å²) in [5.41, 5.74) is 0.529. The van der Waals surface area contributed by atoms with Crippen LogP contribution in [0.5, 0.6) is 0 Å². The summed E-state index contributed by atoms with van der Waals surface area (Å²) in [6.45, 7) is 0. The average molecular weight is 383 g/mol. The van der Waals surface area contributed by atoms with Crippen LogP contribution in [0.3, 0.4) is 0 Å². The molecule has 0 aliphatic heterocycles. The highest BCUT2D eigenvalue weighted by molar-refractivity contribution is 5.94. The van der Waals surface area contributed by atoms with Gasteiger partial charge < -0.3 is 4.84 Å². The van der Waals surface area contributed by atoms with Crippen molar-refractivity contribution in [2.24, 2.45) is 5.16 Å². The average Bonchev–Trinajstić information content (AvgIpc) is 2.72. The summed E-state index contributed by atoms with van der Waals surface area (Å²) in [7, 11) is 0. The van der Waals surface area contributed by atoms with E-state index in [2.05, 4.69) is 5.16 Å². The Morgan fingerprint density at radius 2 is 1.79 bits per heavy atom. The van der Waals surface area contributed by atoms with Crippen molar-refractivity contribution in [2.45, 2.75) is 31.6 Å². The Kier molecular flexibility index (Phi) is 5.73. The number of carbonyl (C=O) groups is 1. The smallest absolute Gasteiger partial charge is 0.313 e. The summed E-state index contributed by atoms with van der Waals surface area (Å²) in [4.78, 5) is 38.3. The molecule has 0 N–H and O–H groups in total. The van der Waals surface area contributed by atoms with Crippen LogP contribution in [0.25, 0.3) is 0 Å². The molecular formula is C19H17N3O6. The van der Waals surface area contributed by atoms with E-state index in [1.165, 1.54) is 12.1 Å². The van der Waals surface area contributed by atoms with Crippen LogP contribution in [0.15, 0.2) is 53.7 Å². The molecule has 0 amide bonds. The minimum absolute atomic E-state index is 0.330. The maximum absolute atomic E-state index is 12.1. The third kappa shape index (κ3) is 4.20. The second-order valence-corrected chi connectivity index (χ2v) is 6.38. The normalized spacial score (nSPS) is 17.9. The van der Waals surface area contributed by atoms with E-state index in [1.54, 1.807) is 30.3 Å². The molecule has 9 nitrogen and oxygen atoms in total. The molecule has 0 unspecified atom stereocenters. The van der Waals surface area contributed by atoms with E-state index in [-0.39, 0.29) is 11.4 Å². The van der Waals surface area contributed by atoms with Crippen LogP contribution in [0.1, 0.15) is 47.5 Å². The number of nitrogens with zero attached hydrogens (tertiary/aromatic N) is 3. The van der Waals surface area contributed by atoms with Gasteiger partial charge in [0, 0.05) is 17.5 Å². The van der Waals surface area contributed by atoms with E-state index >= 15 is 0 Å². The van der Waals surface area contributed by atoms with Gasteiger partial charge in [0.05, 0.1) is 27.2 Å². The lowest BCUT2D eigenvalue weighted by Gasteiger charge is -2.23. The van der Waals surface area contributed by atoms with Crippen LogP contribution in [0, 0.1) is 20.2 Å². The molecule has 28 heavy (non-hydrogen) atoms. The molecule has 2 aromatic carbocycles. The van der Waals surface area contributed by atoms with Crippen molar-refractivity contribution in [3.05, 3.63) is 79.9 Å². The lowest BCUT2D eigenvalue weighted by molar-refractivity contribution is -0.394. The summed E-state index contributed by atoms with van der Waals surface area (Å²) in [5.74, 6) is -1.05. The number of benzene rings is 2. The number of oxime groups is 1. The van der Waals surface area contributed by atoms with E-state index in [9.17, 15) is 25.0 Å². The van der Waals surface area contributed by atoms with E-state index in [4.69, 9.17) is 4.84 Å². The molecule has 0 radical (unpaired) electrons. The Morgan fingerprint density at radius 1 is 1.04 bits per heavy atom. The maximum Gasteiger partial charge on any atom is 0.365 e. The van der Waals surface area contributed by atoms with Crippen LogP contribution >= 0.6 is 0 Å². The molecule has 2 aromatic rings. The van der Waals surface area contributed by atoms with Gasteiger partial charge in [-0.15, -0.1) is 0 Å². The van der Waals surface area contributed by atoms with Crippen LogP contribution in [-0.4, -0.2) is 21.5 Å². The quantitative estimate of drug-likeness (QED) is 0.429. The van der Waals surface area contributed by atoms with Gasteiger partial charge >= 0.3 is 5.97 Å². The van der Waals surface area contributed by atoms with Crippen LogP contribution in [0.2, 0.25) is 0 Å². The molecule has 1 aliphatic carbocycles. The highest BCUT2D eigenvalue weighted by atomic mass is 16.7. The minimum atomic E-state index is -0.672. The number of nitro groups is 2. The van der Waals surface area contributed by atoms with Crippen LogP contribution in [-0.2, 0) is 4.84 Å². The monoisotopic (exact) mass is 383 g/mol. The standard InChI is InChI=1S/C19H17N3O6/c23-19(13-6-2-1-3-7-13)28-20-17-9-5-4-8-15(17)16-11-10-14(21(24)25)12-18(16)22(26)27/h1-3,6-7,10-12,15H,4-5,8-9H2/b20-17-/t15-/m1/s1. The molecule has 0 heterocycles. The molecule has 144 valence electrons. The summed E-state index contributed by atoms with van der Waals surface area (Å²) in [5, 5.41) is 26.4. The van der Waals surface area contributed by atoms with E-state index in [1.807, 2.05) is 0 Å². The van der Waals surface area contributed by atoms with Crippen molar-refractivity contribution in [2.75, 3.05) is 0 Å². The lowest BCUT2D eigenvalue weighted by atomic mass is 9.81. The van der Waals surface area contributed by atoms with Crippen molar-refractivity contribution in [1.82, 2.24) is 0 Å². The zero-order valence-electron chi connectivity index (χ0n) is 14.8. The Morgan fingerprint density at radius 3 is 2.46 bits per heavy atom. The predicted octanol–water partition coefficient (Wildman–Crippen LogP) is 4.37. The van der Waals surface area contributed by atoms with Crippen LogP contribution in [0.4, 0.5) is 11.4 Å². The first-order chi connectivity index (χ1) is 13.5. The zero-order valence-corrected chi connectivity index (χ0v) is 14.8. The fourth-order valence-corrected chi connectivity index (χ4v) is 3.27. The second kappa shape index (κ2) is 8.38. The topological polar surface area (TPSA) is 125 Å². The molecule has 0 saturated heterocycles. The molecule has 1 fully saturated rings. The molecular weight excluding hydrogens is 366 g/mol. The largest absolute Gasteiger partial charge is 0.365 e. The second-order valence-electron chi connectivity index (χ2n) is 6.38. The van der Waals surface area contributed by atoms with Crippen molar-refractivity contribution in [3.63, 3.8) is 0 Å². The predicted molar refractivity (Wildman–Crippen MR) is 100 cm³/mol. The van der Waals surface area contributed by atoms with E-state index in [0.29, 0.717) is 29.7 Å². The first-order valence-electron chi connectivity index (χ1n) is 8.73. The molecule has 3 rings (SSSR count). The summed E-state index contributed by atoms with van der Waals surface area (Å²) in [6.07, 6.45) is 2.75. The van der Waals surface area contributed by atoms with Crippen LogP contribution < -0.4 is 0 Å².